The molecule has 0 radical (unpaired) electrons. The minimum Gasteiger partial charge on any atom is -0.489 e. The van der Waals surface area contributed by atoms with Crippen LogP contribution < -0.4 is 4.74 Å². The van der Waals surface area contributed by atoms with E-state index < -0.39 is 25.9 Å². The van der Waals surface area contributed by atoms with Crippen LogP contribution in [0, 0.1) is 0 Å². The SMILES string of the molecule is CC(C)(C)OC(=O)N1C(=O)[C@H](c2ccc(OCc3ccccc3)cc2)C[C@@H]1CO[Si](C)(C)C(C)(C)C. The monoisotopic (exact) mass is 511 g/mol. The lowest BCUT2D eigenvalue weighted by atomic mass is 9.96. The number of carbonyl (C=O) groups excluding carboxylic acids is 2. The van der Waals surface area contributed by atoms with Gasteiger partial charge in [-0.05, 0) is 68.6 Å². The summed E-state index contributed by atoms with van der Waals surface area (Å²) in [5.41, 5.74) is 1.25. The molecule has 36 heavy (non-hydrogen) atoms. The van der Waals surface area contributed by atoms with E-state index in [1.165, 1.54) is 4.90 Å². The topological polar surface area (TPSA) is 65.1 Å². The van der Waals surface area contributed by atoms with Gasteiger partial charge in [-0.15, -0.1) is 0 Å². The predicted octanol–water partition coefficient (Wildman–Crippen LogP) is 6.91. The molecule has 0 saturated carbocycles. The summed E-state index contributed by atoms with van der Waals surface area (Å²) in [6, 6.07) is 17.2. The fourth-order valence-corrected chi connectivity index (χ4v) is 4.90. The second kappa shape index (κ2) is 10.8. The Morgan fingerprint density at radius 1 is 0.972 bits per heavy atom. The molecule has 2 amide bonds. The number of nitrogens with zero attached hydrogens (tertiary/aromatic N) is 1. The molecular weight excluding hydrogens is 470 g/mol. The maximum Gasteiger partial charge on any atom is 0.417 e. The summed E-state index contributed by atoms with van der Waals surface area (Å²) < 4.78 is 17.9. The highest BCUT2D eigenvalue weighted by Crippen LogP contribution is 2.39. The Hall–Kier alpha value is -2.64. The Labute approximate surface area is 217 Å². The standard InChI is InChI=1S/C29H41NO5Si/c1-28(2,3)35-27(32)30-23(20-34-36(7,8)29(4,5)6)18-25(26(30)31)22-14-16-24(17-15-22)33-19-21-12-10-9-11-13-21/h9-17,23,25H,18-20H2,1-8H3/t23-,25+/m1/s1. The van der Waals surface area contributed by atoms with Crippen molar-refractivity contribution in [3.05, 3.63) is 65.7 Å². The van der Waals surface area contributed by atoms with Gasteiger partial charge in [-0.25, -0.2) is 9.69 Å². The maximum atomic E-state index is 13.5. The average Bonchev–Trinajstić information content (AvgIpc) is 3.12. The molecule has 0 bridgehead atoms. The number of likely N-dealkylation sites (tertiary alicyclic amines) is 1. The van der Waals surface area contributed by atoms with E-state index in [1.54, 1.807) is 20.8 Å². The molecule has 0 aromatic heterocycles. The van der Waals surface area contributed by atoms with Gasteiger partial charge < -0.3 is 13.9 Å². The minimum absolute atomic E-state index is 0.0291. The lowest BCUT2D eigenvalue weighted by Crippen LogP contribution is -2.48. The van der Waals surface area contributed by atoms with Crippen LogP contribution in [0.4, 0.5) is 4.79 Å². The van der Waals surface area contributed by atoms with Crippen LogP contribution in [0.15, 0.2) is 54.6 Å². The molecule has 0 spiro atoms. The van der Waals surface area contributed by atoms with Crippen LogP contribution in [-0.4, -0.2) is 43.5 Å². The molecule has 6 nitrogen and oxygen atoms in total. The van der Waals surface area contributed by atoms with Gasteiger partial charge in [0, 0.05) is 0 Å². The highest BCUT2D eigenvalue weighted by molar-refractivity contribution is 6.74. The van der Waals surface area contributed by atoms with Crippen LogP contribution in [0.5, 0.6) is 5.75 Å². The van der Waals surface area contributed by atoms with Gasteiger partial charge in [0.1, 0.15) is 18.0 Å². The average molecular weight is 512 g/mol. The van der Waals surface area contributed by atoms with Crippen molar-refractivity contribution in [1.29, 1.82) is 0 Å². The largest absolute Gasteiger partial charge is 0.489 e. The van der Waals surface area contributed by atoms with Crippen LogP contribution in [0.3, 0.4) is 0 Å². The molecule has 1 fully saturated rings. The molecule has 1 saturated heterocycles. The van der Waals surface area contributed by atoms with E-state index in [1.807, 2.05) is 54.6 Å². The summed E-state index contributed by atoms with van der Waals surface area (Å²) in [6.07, 6.45) is -0.113. The molecule has 196 valence electrons. The molecule has 1 heterocycles. The zero-order valence-electron chi connectivity index (χ0n) is 23.0. The number of hydrogen-bond acceptors (Lipinski definition) is 5. The third-order valence-electron chi connectivity index (χ3n) is 6.97. The first kappa shape index (κ1) is 27.9. The number of carbonyl (C=O) groups is 2. The zero-order chi connectivity index (χ0) is 26.7. The lowest BCUT2D eigenvalue weighted by Gasteiger charge is -2.37. The normalized spacial score (nSPS) is 18.9. The lowest BCUT2D eigenvalue weighted by molar-refractivity contribution is -0.129. The van der Waals surface area contributed by atoms with Gasteiger partial charge in [0.05, 0.1) is 18.6 Å². The summed E-state index contributed by atoms with van der Waals surface area (Å²) in [5.74, 6) is 0.0506. The molecule has 2 aromatic rings. The van der Waals surface area contributed by atoms with Gasteiger partial charge in [-0.3, -0.25) is 4.79 Å². The van der Waals surface area contributed by atoms with E-state index in [0.717, 1.165) is 16.9 Å². The number of benzene rings is 2. The van der Waals surface area contributed by atoms with Crippen molar-refractivity contribution in [2.45, 2.75) is 90.3 Å². The smallest absolute Gasteiger partial charge is 0.417 e. The third-order valence-corrected chi connectivity index (χ3v) is 11.5. The third kappa shape index (κ3) is 6.98. The minimum atomic E-state index is -2.06. The summed E-state index contributed by atoms with van der Waals surface area (Å²) in [5, 5.41) is 0.0291. The van der Waals surface area contributed by atoms with Crippen LogP contribution >= 0.6 is 0 Å². The molecule has 0 unspecified atom stereocenters. The van der Waals surface area contributed by atoms with Crippen molar-refractivity contribution in [2.24, 2.45) is 0 Å². The number of hydrogen-bond donors (Lipinski definition) is 0. The van der Waals surface area contributed by atoms with Gasteiger partial charge in [-0.2, -0.15) is 0 Å². The highest BCUT2D eigenvalue weighted by atomic mass is 28.4. The van der Waals surface area contributed by atoms with Crippen molar-refractivity contribution in [2.75, 3.05) is 6.61 Å². The fraction of sp³-hybridized carbons (Fsp3) is 0.517. The summed E-state index contributed by atoms with van der Waals surface area (Å²) >= 11 is 0. The molecule has 2 atom stereocenters. The molecule has 0 N–H and O–H groups in total. The summed E-state index contributed by atoms with van der Waals surface area (Å²) in [6.45, 7) is 17.1. The maximum absolute atomic E-state index is 13.5. The van der Waals surface area contributed by atoms with Crippen LogP contribution in [0.2, 0.25) is 18.1 Å². The van der Waals surface area contributed by atoms with E-state index >= 15 is 0 Å². The van der Waals surface area contributed by atoms with Crippen molar-refractivity contribution < 1.29 is 23.5 Å². The van der Waals surface area contributed by atoms with Crippen LogP contribution in [-0.2, 0) is 20.6 Å². The van der Waals surface area contributed by atoms with E-state index in [4.69, 9.17) is 13.9 Å². The first-order chi connectivity index (χ1) is 16.7. The van der Waals surface area contributed by atoms with Crippen molar-refractivity contribution in [3.63, 3.8) is 0 Å². The van der Waals surface area contributed by atoms with E-state index in [-0.39, 0.29) is 17.0 Å². The number of rotatable bonds is 7. The van der Waals surface area contributed by atoms with Crippen LogP contribution in [0.25, 0.3) is 0 Å². The first-order valence-electron chi connectivity index (χ1n) is 12.6. The molecule has 7 heteroatoms. The molecule has 1 aliphatic heterocycles. The second-order valence-electron chi connectivity index (χ2n) is 12.0. The highest BCUT2D eigenvalue weighted by Gasteiger charge is 2.47. The molecule has 0 aliphatic carbocycles. The van der Waals surface area contributed by atoms with Crippen molar-refractivity contribution in [3.8, 4) is 5.75 Å². The Bertz CT molecular complexity index is 1040. The van der Waals surface area contributed by atoms with Crippen molar-refractivity contribution >= 4 is 20.3 Å². The predicted molar refractivity (Wildman–Crippen MR) is 145 cm³/mol. The fourth-order valence-electron chi connectivity index (χ4n) is 3.86. The molecule has 3 rings (SSSR count). The van der Waals surface area contributed by atoms with Gasteiger partial charge in [-0.1, -0.05) is 63.2 Å². The second-order valence-corrected chi connectivity index (χ2v) is 16.9. The Kier molecular flexibility index (Phi) is 8.36. The van der Waals surface area contributed by atoms with Crippen molar-refractivity contribution in [1.82, 2.24) is 4.90 Å². The zero-order valence-corrected chi connectivity index (χ0v) is 24.0. The summed E-state index contributed by atoms with van der Waals surface area (Å²) in [7, 11) is -2.06. The Morgan fingerprint density at radius 2 is 1.58 bits per heavy atom. The van der Waals surface area contributed by atoms with Gasteiger partial charge in [0.2, 0.25) is 5.91 Å². The van der Waals surface area contributed by atoms with Gasteiger partial charge >= 0.3 is 6.09 Å². The number of ether oxygens (including phenoxy) is 2. The van der Waals surface area contributed by atoms with E-state index in [2.05, 4.69) is 33.9 Å². The van der Waals surface area contributed by atoms with Crippen LogP contribution in [0.1, 0.15) is 65.0 Å². The Balaban J connectivity index is 1.76. The quantitative estimate of drug-likeness (QED) is 0.378. The van der Waals surface area contributed by atoms with E-state index in [9.17, 15) is 9.59 Å². The molecule has 1 aliphatic rings. The summed E-state index contributed by atoms with van der Waals surface area (Å²) in [4.78, 5) is 27.9. The number of imide groups is 1. The number of amides is 2. The van der Waals surface area contributed by atoms with Gasteiger partial charge in [0.15, 0.2) is 8.32 Å². The molecular formula is C29H41NO5Si. The molecule has 2 aromatic carbocycles. The van der Waals surface area contributed by atoms with Gasteiger partial charge in [0.25, 0.3) is 0 Å². The van der Waals surface area contributed by atoms with E-state index in [0.29, 0.717) is 19.6 Å². The first-order valence-corrected chi connectivity index (χ1v) is 15.6. The Morgan fingerprint density at radius 3 is 2.14 bits per heavy atom.